The van der Waals surface area contributed by atoms with Crippen molar-refractivity contribution in [2.24, 2.45) is 0 Å². The average Bonchev–Trinajstić information content (AvgIpc) is 2.07. The minimum atomic E-state index is -1.30. The Hall–Kier alpha value is 0.220. The summed E-state index contributed by atoms with van der Waals surface area (Å²) in [5.74, 6) is 0. The highest BCUT2D eigenvalue weighted by Crippen LogP contribution is 2.24. The van der Waals surface area contributed by atoms with Gasteiger partial charge in [0.25, 0.3) is 0 Å². The number of hydrogen-bond acceptors (Lipinski definition) is 0. The molecule has 0 bridgehead atoms. The molecule has 0 fully saturated rings. The molecule has 0 aliphatic heterocycles. The van der Waals surface area contributed by atoms with Gasteiger partial charge in [-0.25, -0.2) is 0 Å². The van der Waals surface area contributed by atoms with Crippen molar-refractivity contribution in [1.29, 1.82) is 0 Å². The van der Waals surface area contributed by atoms with Gasteiger partial charge in [-0.3, -0.25) is 0 Å². The molecule has 0 atom stereocenters. The van der Waals surface area contributed by atoms with E-state index in [9.17, 15) is 0 Å². The zero-order chi connectivity index (χ0) is 11.6. The predicted octanol–water partition coefficient (Wildman–Crippen LogP) is 2.54. The molecule has 0 amide bonds. The Morgan fingerprint density at radius 2 is 1.93 bits per heavy atom. The third-order valence-electron chi connectivity index (χ3n) is 2.13. The first-order valence-corrected chi connectivity index (χ1v) is 5.70. The minimum Gasteiger partial charge on any atom is -0.113 e. The average molecular weight is 257 g/mol. The zero-order valence-corrected chi connectivity index (χ0v) is 10.6. The van der Waals surface area contributed by atoms with Crippen molar-refractivity contribution in [1.82, 2.24) is 0 Å². The highest BCUT2D eigenvalue weighted by molar-refractivity contribution is 6.65. The molecule has 0 saturated carbocycles. The first-order chi connectivity index (χ1) is 6.83. The second-order valence-electron chi connectivity index (χ2n) is 3.42. The van der Waals surface area contributed by atoms with Gasteiger partial charge in [0.15, 0.2) is 0 Å². The van der Waals surface area contributed by atoms with Crippen molar-refractivity contribution in [3.8, 4) is 0 Å². The Labute approximate surface area is 108 Å². The van der Waals surface area contributed by atoms with Crippen LogP contribution in [0.2, 0.25) is 5.02 Å². The monoisotopic (exact) mass is 256 g/mol. The van der Waals surface area contributed by atoms with E-state index in [4.69, 9.17) is 50.5 Å². The molecular weight excluding hydrogens is 248 g/mol. The van der Waals surface area contributed by atoms with E-state index >= 15 is 0 Å². The van der Waals surface area contributed by atoms with Crippen molar-refractivity contribution in [2.45, 2.75) is 24.0 Å². The number of benzene rings is 1. The summed E-state index contributed by atoms with van der Waals surface area (Å²) in [5.41, 5.74) is 2.47. The minimum absolute atomic E-state index is 0.308. The van der Waals surface area contributed by atoms with Crippen LogP contribution in [-0.2, 0) is 12.8 Å². The summed E-state index contributed by atoms with van der Waals surface area (Å²) in [4.78, 5) is 0. The second kappa shape index (κ2) is 5.03. The summed E-state index contributed by atoms with van der Waals surface area (Å²) >= 11 is 17.4. The fraction of sp³-hybridized carbons (Fsp3) is 0.400. The SMILES string of the molecule is [B]c1cc(Cl)cc(CC)c1CC([B])(Cl)Cl. The van der Waals surface area contributed by atoms with E-state index in [1.807, 2.05) is 13.0 Å². The van der Waals surface area contributed by atoms with Crippen molar-refractivity contribution in [2.75, 3.05) is 0 Å². The van der Waals surface area contributed by atoms with E-state index in [0.29, 0.717) is 16.9 Å². The lowest BCUT2D eigenvalue weighted by atomic mass is 9.82. The largest absolute Gasteiger partial charge is 0.119 e. The second-order valence-corrected chi connectivity index (χ2v) is 5.40. The van der Waals surface area contributed by atoms with Crippen LogP contribution in [-0.4, -0.2) is 19.9 Å². The molecule has 0 aliphatic carbocycles. The number of halogens is 3. The van der Waals surface area contributed by atoms with Crippen molar-refractivity contribution in [3.05, 3.63) is 28.3 Å². The lowest BCUT2D eigenvalue weighted by Crippen LogP contribution is -2.23. The van der Waals surface area contributed by atoms with Gasteiger partial charge < -0.3 is 0 Å². The summed E-state index contributed by atoms with van der Waals surface area (Å²) in [7, 11) is 11.4. The lowest BCUT2D eigenvalue weighted by molar-refractivity contribution is 0.980. The highest BCUT2D eigenvalue weighted by Gasteiger charge is 2.19. The lowest BCUT2D eigenvalue weighted by Gasteiger charge is -2.19. The maximum absolute atomic E-state index is 5.89. The Balaban J connectivity index is 3.15. The fourth-order valence-corrected chi connectivity index (χ4v) is 2.00. The van der Waals surface area contributed by atoms with E-state index in [2.05, 4.69) is 0 Å². The van der Waals surface area contributed by atoms with E-state index < -0.39 is 4.23 Å². The summed E-state index contributed by atoms with van der Waals surface area (Å²) < 4.78 is -1.30. The van der Waals surface area contributed by atoms with Gasteiger partial charge in [-0.2, -0.15) is 0 Å². The molecule has 76 valence electrons. The van der Waals surface area contributed by atoms with Gasteiger partial charge in [0, 0.05) is 5.02 Å². The molecule has 15 heavy (non-hydrogen) atoms. The highest BCUT2D eigenvalue weighted by atomic mass is 35.5. The Morgan fingerprint density at radius 1 is 1.33 bits per heavy atom. The van der Waals surface area contributed by atoms with Crippen molar-refractivity contribution < 1.29 is 0 Å². The van der Waals surface area contributed by atoms with Gasteiger partial charge in [0.2, 0.25) is 0 Å². The van der Waals surface area contributed by atoms with E-state index in [1.54, 1.807) is 6.07 Å². The molecule has 0 aliphatic rings. The molecule has 0 saturated heterocycles. The fourth-order valence-electron chi connectivity index (χ4n) is 1.48. The van der Waals surface area contributed by atoms with Crippen LogP contribution >= 0.6 is 34.8 Å². The third kappa shape index (κ3) is 3.94. The quantitative estimate of drug-likeness (QED) is 0.576. The molecule has 0 unspecified atom stereocenters. The summed E-state index contributed by atoms with van der Waals surface area (Å²) in [5, 5.41) is 0.611. The first kappa shape index (κ1) is 13.3. The van der Waals surface area contributed by atoms with Crippen LogP contribution < -0.4 is 5.46 Å². The first-order valence-electron chi connectivity index (χ1n) is 4.57. The molecular formula is C10H9B2Cl3. The number of alkyl halides is 2. The van der Waals surface area contributed by atoms with Crippen LogP contribution in [0.1, 0.15) is 18.1 Å². The molecule has 0 heterocycles. The van der Waals surface area contributed by atoms with Gasteiger partial charge in [-0.15, -0.1) is 23.2 Å². The zero-order valence-electron chi connectivity index (χ0n) is 8.36. The van der Waals surface area contributed by atoms with Crippen LogP contribution in [0.5, 0.6) is 0 Å². The number of aryl methyl sites for hydroxylation is 1. The van der Waals surface area contributed by atoms with Crippen molar-refractivity contribution in [3.63, 3.8) is 0 Å². The Morgan fingerprint density at radius 3 is 2.40 bits per heavy atom. The topological polar surface area (TPSA) is 0 Å². The molecule has 1 aromatic rings. The summed E-state index contributed by atoms with van der Waals surface area (Å²) in [6.45, 7) is 2.01. The maximum atomic E-state index is 5.89. The summed E-state index contributed by atoms with van der Waals surface area (Å²) in [6, 6.07) is 3.53. The van der Waals surface area contributed by atoms with Crippen LogP contribution in [0.25, 0.3) is 0 Å². The van der Waals surface area contributed by atoms with Gasteiger partial charge in [0.1, 0.15) is 15.7 Å². The number of rotatable bonds is 3. The van der Waals surface area contributed by atoms with E-state index in [0.717, 1.165) is 17.5 Å². The van der Waals surface area contributed by atoms with E-state index in [1.165, 1.54) is 0 Å². The van der Waals surface area contributed by atoms with Crippen LogP contribution in [0.4, 0.5) is 0 Å². The predicted molar refractivity (Wildman–Crippen MR) is 70.1 cm³/mol. The smallest absolute Gasteiger partial charge is 0.113 e. The third-order valence-corrected chi connectivity index (χ3v) is 2.62. The molecule has 1 aromatic carbocycles. The normalized spacial score (nSPS) is 11.7. The number of hydrogen-bond donors (Lipinski definition) is 0. The molecule has 0 spiro atoms. The van der Waals surface area contributed by atoms with Gasteiger partial charge >= 0.3 is 0 Å². The van der Waals surface area contributed by atoms with Gasteiger partial charge in [0.05, 0.1) is 4.23 Å². The molecule has 0 N–H and O–H groups in total. The van der Waals surface area contributed by atoms with Crippen molar-refractivity contribution >= 4 is 56.0 Å². The van der Waals surface area contributed by atoms with Crippen LogP contribution in [0, 0.1) is 0 Å². The summed E-state index contributed by atoms with van der Waals surface area (Å²) in [6.07, 6.45) is 1.12. The Kier molecular flexibility index (Phi) is 4.46. The van der Waals surface area contributed by atoms with Gasteiger partial charge in [-0.05, 0) is 30.0 Å². The molecule has 0 nitrogen and oxygen atoms in total. The molecule has 5 heteroatoms. The molecule has 0 aromatic heterocycles. The van der Waals surface area contributed by atoms with E-state index in [-0.39, 0.29) is 0 Å². The molecule has 1 rings (SSSR count). The molecule has 4 radical (unpaired) electrons. The Bertz CT molecular complexity index is 358. The van der Waals surface area contributed by atoms with Crippen LogP contribution in [0.3, 0.4) is 0 Å². The van der Waals surface area contributed by atoms with Gasteiger partial charge in [-0.1, -0.05) is 30.1 Å². The standard InChI is InChI=1S/C10H9B2Cl3/c1-2-6-3-7(13)4-9(11)8(6)5-10(12,14)15/h3-4H,2,5H2,1H3. The van der Waals surface area contributed by atoms with Crippen LogP contribution in [0.15, 0.2) is 12.1 Å². The maximum Gasteiger partial charge on any atom is 0.119 e.